The molecule has 74 valence electrons. The normalized spacial score (nSPS) is 29.2. The molecule has 0 saturated carbocycles. The molecule has 0 amide bonds. The average molecular weight is 194 g/mol. The van der Waals surface area contributed by atoms with Gasteiger partial charge in [-0.25, -0.2) is 4.79 Å². The molecule has 0 fully saturated rings. The van der Waals surface area contributed by atoms with Gasteiger partial charge in [0.25, 0.3) is 0 Å². The highest BCUT2D eigenvalue weighted by Crippen LogP contribution is 2.27. The molecule has 0 radical (unpaired) electrons. The Kier molecular flexibility index (Phi) is 2.11. The summed E-state index contributed by atoms with van der Waals surface area (Å²) in [6.45, 7) is 1.36. The lowest BCUT2D eigenvalue weighted by molar-refractivity contribution is -0.146. The van der Waals surface area contributed by atoms with E-state index in [-0.39, 0.29) is 24.1 Å². The lowest BCUT2D eigenvalue weighted by atomic mass is 9.98. The Bertz CT molecular complexity index is 340. The van der Waals surface area contributed by atoms with Gasteiger partial charge in [-0.1, -0.05) is 6.08 Å². The maximum absolute atomic E-state index is 10.9. The molecule has 0 aromatic heterocycles. The molecule has 0 unspecified atom stereocenters. The highest BCUT2D eigenvalue weighted by Gasteiger charge is 2.30. The lowest BCUT2D eigenvalue weighted by Gasteiger charge is -2.22. The predicted octanol–water partition coefficient (Wildman–Crippen LogP) is 0.730. The number of rotatable bonds is 1. The minimum Gasteiger partial charge on any atom is -0.458 e. The molecule has 4 nitrogen and oxygen atoms in total. The first-order valence-corrected chi connectivity index (χ1v) is 4.43. The van der Waals surface area contributed by atoms with Gasteiger partial charge in [-0.15, -0.1) is 0 Å². The quantitative estimate of drug-likeness (QED) is 0.577. The SMILES string of the molecule is CC(=O)O[C@@H]1C=CC2=CC(=O)O[C@@H]2C1. The molecular formula is C10H10O4. The van der Waals surface area contributed by atoms with Crippen LogP contribution in [0.3, 0.4) is 0 Å². The van der Waals surface area contributed by atoms with E-state index in [9.17, 15) is 9.59 Å². The smallest absolute Gasteiger partial charge is 0.331 e. The van der Waals surface area contributed by atoms with Gasteiger partial charge in [0.05, 0.1) is 0 Å². The van der Waals surface area contributed by atoms with Crippen LogP contribution in [0.4, 0.5) is 0 Å². The number of carbonyl (C=O) groups is 2. The maximum Gasteiger partial charge on any atom is 0.331 e. The first-order chi connectivity index (χ1) is 6.65. The van der Waals surface area contributed by atoms with Crippen molar-refractivity contribution in [3.8, 4) is 0 Å². The van der Waals surface area contributed by atoms with Crippen LogP contribution in [0.5, 0.6) is 0 Å². The second-order valence-corrected chi connectivity index (χ2v) is 3.31. The summed E-state index contributed by atoms with van der Waals surface area (Å²) in [5.74, 6) is -0.644. The zero-order valence-electron chi connectivity index (χ0n) is 7.73. The minimum absolute atomic E-state index is 0.239. The second kappa shape index (κ2) is 3.29. The largest absolute Gasteiger partial charge is 0.458 e. The van der Waals surface area contributed by atoms with Crippen LogP contribution >= 0.6 is 0 Å². The van der Waals surface area contributed by atoms with E-state index in [2.05, 4.69) is 0 Å². The fourth-order valence-corrected chi connectivity index (χ4v) is 1.62. The molecule has 0 aromatic rings. The molecule has 0 saturated heterocycles. The standard InChI is InChI=1S/C10H10O4/c1-6(11)13-8-3-2-7-4-10(12)14-9(7)5-8/h2-4,8-9H,5H2,1H3/t8-,9-/m1/s1. The topological polar surface area (TPSA) is 52.6 Å². The zero-order valence-corrected chi connectivity index (χ0v) is 7.73. The Labute approximate surface area is 81.2 Å². The number of fused-ring (bicyclic) bond motifs is 1. The molecule has 4 heteroatoms. The monoisotopic (exact) mass is 194 g/mol. The van der Waals surface area contributed by atoms with Gasteiger partial charge in [-0.3, -0.25) is 4.79 Å². The van der Waals surface area contributed by atoms with Gasteiger partial charge < -0.3 is 9.47 Å². The van der Waals surface area contributed by atoms with Crippen molar-refractivity contribution in [3.63, 3.8) is 0 Å². The molecule has 2 rings (SSSR count). The van der Waals surface area contributed by atoms with Crippen LogP contribution in [0.25, 0.3) is 0 Å². The predicted molar refractivity (Wildman–Crippen MR) is 47.3 cm³/mol. The first kappa shape index (κ1) is 8.99. The third-order valence-corrected chi connectivity index (χ3v) is 2.18. The highest BCUT2D eigenvalue weighted by atomic mass is 16.6. The third-order valence-electron chi connectivity index (χ3n) is 2.18. The maximum atomic E-state index is 10.9. The summed E-state index contributed by atoms with van der Waals surface area (Å²) < 4.78 is 9.99. The molecule has 0 spiro atoms. The highest BCUT2D eigenvalue weighted by molar-refractivity contribution is 5.86. The van der Waals surface area contributed by atoms with Gasteiger partial charge in [0.15, 0.2) is 0 Å². The first-order valence-electron chi connectivity index (χ1n) is 4.43. The summed E-state index contributed by atoms with van der Waals surface area (Å²) in [4.78, 5) is 21.6. The second-order valence-electron chi connectivity index (χ2n) is 3.31. The van der Waals surface area contributed by atoms with E-state index in [0.29, 0.717) is 6.42 Å². The van der Waals surface area contributed by atoms with Crippen molar-refractivity contribution < 1.29 is 19.1 Å². The van der Waals surface area contributed by atoms with Gasteiger partial charge in [-0.05, 0) is 11.6 Å². The van der Waals surface area contributed by atoms with Crippen LogP contribution in [-0.2, 0) is 19.1 Å². The van der Waals surface area contributed by atoms with Crippen molar-refractivity contribution in [2.45, 2.75) is 25.6 Å². The third kappa shape index (κ3) is 1.69. The molecule has 2 aliphatic rings. The number of esters is 2. The van der Waals surface area contributed by atoms with Gasteiger partial charge in [0.2, 0.25) is 0 Å². The number of ether oxygens (including phenoxy) is 2. The Morgan fingerprint density at radius 1 is 1.64 bits per heavy atom. The number of hydrogen-bond donors (Lipinski definition) is 0. The van der Waals surface area contributed by atoms with E-state index in [1.54, 1.807) is 12.2 Å². The summed E-state index contributed by atoms with van der Waals surface area (Å²) in [5, 5.41) is 0. The van der Waals surface area contributed by atoms with Gasteiger partial charge in [0.1, 0.15) is 12.2 Å². The Morgan fingerprint density at radius 3 is 3.14 bits per heavy atom. The summed E-state index contributed by atoms with van der Waals surface area (Å²) in [6, 6.07) is 0. The summed E-state index contributed by atoms with van der Waals surface area (Å²) in [7, 11) is 0. The summed E-state index contributed by atoms with van der Waals surface area (Å²) in [5.41, 5.74) is 0.860. The van der Waals surface area contributed by atoms with Crippen LogP contribution < -0.4 is 0 Å². The Hall–Kier alpha value is -1.58. The molecule has 0 aromatic carbocycles. The lowest BCUT2D eigenvalue weighted by Crippen LogP contribution is -2.25. The van der Waals surface area contributed by atoms with Gasteiger partial charge in [-0.2, -0.15) is 0 Å². The zero-order chi connectivity index (χ0) is 10.1. The van der Waals surface area contributed by atoms with Crippen LogP contribution in [0, 0.1) is 0 Å². The Balaban J connectivity index is 2.06. The van der Waals surface area contributed by atoms with E-state index in [1.807, 2.05) is 0 Å². The van der Waals surface area contributed by atoms with Crippen molar-refractivity contribution >= 4 is 11.9 Å². The van der Waals surface area contributed by atoms with E-state index in [1.165, 1.54) is 13.0 Å². The Morgan fingerprint density at radius 2 is 2.43 bits per heavy atom. The molecule has 1 aliphatic heterocycles. The number of hydrogen-bond acceptors (Lipinski definition) is 4. The van der Waals surface area contributed by atoms with Crippen LogP contribution in [0.2, 0.25) is 0 Å². The molecule has 0 bridgehead atoms. The van der Waals surface area contributed by atoms with E-state index in [0.717, 1.165) is 5.57 Å². The van der Waals surface area contributed by atoms with Crippen molar-refractivity contribution in [2.75, 3.05) is 0 Å². The molecule has 1 aliphatic carbocycles. The van der Waals surface area contributed by atoms with Gasteiger partial charge in [0, 0.05) is 19.4 Å². The minimum atomic E-state index is -0.323. The summed E-state index contributed by atoms with van der Waals surface area (Å²) >= 11 is 0. The van der Waals surface area contributed by atoms with Crippen molar-refractivity contribution in [2.24, 2.45) is 0 Å². The average Bonchev–Trinajstić information content (AvgIpc) is 2.42. The number of carbonyl (C=O) groups excluding carboxylic acids is 2. The molecule has 0 N–H and O–H groups in total. The van der Waals surface area contributed by atoms with Crippen molar-refractivity contribution in [1.82, 2.24) is 0 Å². The van der Waals surface area contributed by atoms with E-state index < -0.39 is 0 Å². The van der Waals surface area contributed by atoms with Gasteiger partial charge >= 0.3 is 11.9 Å². The molecular weight excluding hydrogens is 184 g/mol. The molecule has 1 heterocycles. The molecule has 14 heavy (non-hydrogen) atoms. The van der Waals surface area contributed by atoms with E-state index >= 15 is 0 Å². The van der Waals surface area contributed by atoms with Crippen LogP contribution in [0.1, 0.15) is 13.3 Å². The van der Waals surface area contributed by atoms with Crippen molar-refractivity contribution in [3.05, 3.63) is 23.8 Å². The van der Waals surface area contributed by atoms with Crippen LogP contribution in [0.15, 0.2) is 23.8 Å². The summed E-state index contributed by atoms with van der Waals surface area (Å²) in [6.07, 6.45) is 5.01. The fourth-order valence-electron chi connectivity index (χ4n) is 1.62. The molecule has 2 atom stereocenters. The fraction of sp³-hybridized carbons (Fsp3) is 0.400. The van der Waals surface area contributed by atoms with Crippen molar-refractivity contribution in [1.29, 1.82) is 0 Å². The van der Waals surface area contributed by atoms with E-state index in [4.69, 9.17) is 9.47 Å². The van der Waals surface area contributed by atoms with Crippen LogP contribution in [-0.4, -0.2) is 24.1 Å².